The summed E-state index contributed by atoms with van der Waals surface area (Å²) in [6.45, 7) is 6.26. The van der Waals surface area contributed by atoms with Crippen LogP contribution in [0, 0.1) is 0 Å². The van der Waals surface area contributed by atoms with Crippen LogP contribution in [-0.4, -0.2) is 48.3 Å². The fourth-order valence-corrected chi connectivity index (χ4v) is 4.84. The predicted molar refractivity (Wildman–Crippen MR) is 136 cm³/mol. The van der Waals surface area contributed by atoms with Crippen LogP contribution in [0.4, 0.5) is 0 Å². The van der Waals surface area contributed by atoms with E-state index in [0.717, 1.165) is 25.8 Å². The Kier molecular flexibility index (Phi) is 20.4. The van der Waals surface area contributed by atoms with E-state index in [-0.39, 0.29) is 0 Å². The molecule has 1 unspecified atom stereocenters. The van der Waals surface area contributed by atoms with E-state index in [0.29, 0.717) is 13.0 Å². The minimum Gasteiger partial charge on any atom is -0.479 e. The van der Waals surface area contributed by atoms with Crippen LogP contribution in [0.2, 0.25) is 0 Å². The van der Waals surface area contributed by atoms with Crippen molar-refractivity contribution >= 4 is 5.97 Å². The summed E-state index contributed by atoms with van der Waals surface area (Å²) in [5, 5.41) is 9.41. The number of unbranched alkanes of at least 4 members (excludes halogenated alkanes) is 15. The summed E-state index contributed by atoms with van der Waals surface area (Å²) in [4.78, 5) is 13.9. The molecule has 0 aromatic heterocycles. The Morgan fingerprint density at radius 3 is 1.66 bits per heavy atom. The van der Waals surface area contributed by atoms with Crippen molar-refractivity contribution in [1.82, 2.24) is 4.90 Å². The number of nitrogens with zero attached hydrogens (tertiary/aromatic N) is 1. The van der Waals surface area contributed by atoms with Crippen LogP contribution >= 0.6 is 0 Å². The van der Waals surface area contributed by atoms with Crippen molar-refractivity contribution in [2.24, 2.45) is 0 Å². The molecule has 0 aromatic rings. The van der Waals surface area contributed by atoms with Gasteiger partial charge in [0.05, 0.1) is 0 Å². The third kappa shape index (κ3) is 17.9. The first-order valence-corrected chi connectivity index (χ1v) is 14.3. The monoisotopic (exact) mass is 453 g/mol. The van der Waals surface area contributed by atoms with Crippen molar-refractivity contribution in [3.63, 3.8) is 0 Å². The van der Waals surface area contributed by atoms with E-state index in [9.17, 15) is 9.90 Å². The van der Waals surface area contributed by atoms with Gasteiger partial charge in [-0.05, 0) is 51.7 Å². The molecular weight excluding hydrogens is 398 g/mol. The maximum absolute atomic E-state index is 11.4. The Balaban J connectivity index is 1.82. The van der Waals surface area contributed by atoms with E-state index in [1.165, 1.54) is 122 Å². The molecule has 0 radical (unpaired) electrons. The molecule has 1 aliphatic heterocycles. The second kappa shape index (κ2) is 22.2. The van der Waals surface area contributed by atoms with E-state index < -0.39 is 12.1 Å². The highest BCUT2D eigenvalue weighted by molar-refractivity contribution is 5.72. The van der Waals surface area contributed by atoms with Gasteiger partial charge in [-0.3, -0.25) is 0 Å². The first-order valence-electron chi connectivity index (χ1n) is 14.3. The highest BCUT2D eigenvalue weighted by Crippen LogP contribution is 2.15. The first kappa shape index (κ1) is 29.4. The van der Waals surface area contributed by atoms with Gasteiger partial charge in [-0.1, -0.05) is 110 Å². The summed E-state index contributed by atoms with van der Waals surface area (Å²) in [6.07, 6.45) is 26.5. The molecule has 0 amide bonds. The average molecular weight is 454 g/mol. The third-order valence-electron chi connectivity index (χ3n) is 6.98. The Bertz CT molecular complexity index is 409. The van der Waals surface area contributed by atoms with Crippen LogP contribution in [-0.2, 0) is 9.53 Å². The van der Waals surface area contributed by atoms with Gasteiger partial charge < -0.3 is 14.7 Å². The van der Waals surface area contributed by atoms with E-state index >= 15 is 0 Å². The molecule has 190 valence electrons. The molecule has 32 heavy (non-hydrogen) atoms. The Morgan fingerprint density at radius 1 is 0.719 bits per heavy atom. The molecule has 4 nitrogen and oxygen atoms in total. The molecule has 0 bridgehead atoms. The largest absolute Gasteiger partial charge is 0.479 e. The van der Waals surface area contributed by atoms with Crippen LogP contribution in [0.1, 0.15) is 142 Å². The van der Waals surface area contributed by atoms with Crippen molar-refractivity contribution in [2.75, 3.05) is 26.2 Å². The Morgan fingerprint density at radius 2 is 1.19 bits per heavy atom. The lowest BCUT2D eigenvalue weighted by atomic mass is 10.0. The molecule has 1 atom stereocenters. The van der Waals surface area contributed by atoms with E-state index in [1.54, 1.807) is 0 Å². The van der Waals surface area contributed by atoms with Gasteiger partial charge in [0.25, 0.3) is 0 Å². The number of piperidine rings is 1. The van der Waals surface area contributed by atoms with Crippen LogP contribution in [0.15, 0.2) is 0 Å². The Labute approximate surface area is 199 Å². The smallest absolute Gasteiger partial charge is 0.332 e. The summed E-state index contributed by atoms with van der Waals surface area (Å²) < 4.78 is 5.69. The lowest BCUT2D eigenvalue weighted by Crippen LogP contribution is -2.32. The maximum atomic E-state index is 11.4. The molecule has 1 aliphatic rings. The zero-order valence-electron chi connectivity index (χ0n) is 21.5. The molecule has 1 N–H and O–H groups in total. The zero-order chi connectivity index (χ0) is 23.1. The second-order valence-electron chi connectivity index (χ2n) is 10.0. The standard InChI is InChI=1S/C28H55NO3/c1-2-3-4-5-6-7-8-9-10-11-12-13-14-15-16-20-26-32-27(28(30)31)22-21-25-29-23-18-17-19-24-29/h27H,2-26H2,1H3,(H,30,31). The lowest BCUT2D eigenvalue weighted by molar-refractivity contribution is -0.151. The number of carboxylic acid groups (broad SMARTS) is 1. The topological polar surface area (TPSA) is 49.8 Å². The van der Waals surface area contributed by atoms with Crippen molar-refractivity contribution in [3.8, 4) is 0 Å². The average Bonchev–Trinajstić information content (AvgIpc) is 2.80. The molecule has 0 saturated carbocycles. The van der Waals surface area contributed by atoms with Gasteiger partial charge in [0.15, 0.2) is 6.10 Å². The molecule has 1 saturated heterocycles. The molecule has 1 fully saturated rings. The van der Waals surface area contributed by atoms with E-state index in [4.69, 9.17) is 4.74 Å². The van der Waals surface area contributed by atoms with Crippen LogP contribution < -0.4 is 0 Å². The number of rotatable bonds is 23. The fourth-order valence-electron chi connectivity index (χ4n) is 4.84. The summed E-state index contributed by atoms with van der Waals surface area (Å²) in [7, 11) is 0. The number of likely N-dealkylation sites (tertiary alicyclic amines) is 1. The minimum atomic E-state index is -0.792. The second-order valence-corrected chi connectivity index (χ2v) is 10.0. The number of carboxylic acids is 1. The number of aliphatic carboxylic acids is 1. The van der Waals surface area contributed by atoms with Crippen molar-refractivity contribution < 1.29 is 14.6 Å². The van der Waals surface area contributed by atoms with Gasteiger partial charge in [-0.2, -0.15) is 0 Å². The highest BCUT2D eigenvalue weighted by Gasteiger charge is 2.18. The van der Waals surface area contributed by atoms with Crippen LogP contribution in [0.3, 0.4) is 0 Å². The van der Waals surface area contributed by atoms with Gasteiger partial charge >= 0.3 is 5.97 Å². The van der Waals surface area contributed by atoms with Gasteiger partial charge in [-0.25, -0.2) is 4.79 Å². The van der Waals surface area contributed by atoms with Gasteiger partial charge in [0, 0.05) is 6.61 Å². The molecule has 1 heterocycles. The third-order valence-corrected chi connectivity index (χ3v) is 6.98. The number of hydrogen-bond acceptors (Lipinski definition) is 3. The fraction of sp³-hybridized carbons (Fsp3) is 0.964. The number of ether oxygens (including phenoxy) is 1. The highest BCUT2D eigenvalue weighted by atomic mass is 16.5. The lowest BCUT2D eigenvalue weighted by Gasteiger charge is -2.26. The normalized spacial score (nSPS) is 15.8. The van der Waals surface area contributed by atoms with E-state index in [2.05, 4.69) is 11.8 Å². The van der Waals surface area contributed by atoms with E-state index in [1.807, 2.05) is 0 Å². The minimum absolute atomic E-state index is 0.596. The summed E-state index contributed by atoms with van der Waals surface area (Å²) in [5.74, 6) is -0.792. The van der Waals surface area contributed by atoms with Gasteiger partial charge in [-0.15, -0.1) is 0 Å². The summed E-state index contributed by atoms with van der Waals surface area (Å²) in [6, 6.07) is 0. The van der Waals surface area contributed by atoms with Crippen molar-refractivity contribution in [3.05, 3.63) is 0 Å². The predicted octanol–water partition coefficient (Wildman–Crippen LogP) is 7.98. The molecule has 1 rings (SSSR count). The molecule has 0 aliphatic carbocycles. The summed E-state index contributed by atoms with van der Waals surface area (Å²) in [5.41, 5.74) is 0. The molecular formula is C28H55NO3. The number of carbonyl (C=O) groups is 1. The zero-order valence-corrected chi connectivity index (χ0v) is 21.5. The van der Waals surface area contributed by atoms with Gasteiger partial charge in [0.1, 0.15) is 0 Å². The maximum Gasteiger partial charge on any atom is 0.332 e. The SMILES string of the molecule is CCCCCCCCCCCCCCCCCCOC(CCCN1CCCCC1)C(=O)O. The number of hydrogen-bond donors (Lipinski definition) is 1. The quantitative estimate of drug-likeness (QED) is 0.159. The van der Waals surface area contributed by atoms with Crippen molar-refractivity contribution in [2.45, 2.75) is 148 Å². The Hall–Kier alpha value is -0.610. The van der Waals surface area contributed by atoms with Gasteiger partial charge in [0.2, 0.25) is 0 Å². The van der Waals surface area contributed by atoms with Crippen LogP contribution in [0.5, 0.6) is 0 Å². The van der Waals surface area contributed by atoms with Crippen molar-refractivity contribution in [1.29, 1.82) is 0 Å². The summed E-state index contributed by atoms with van der Waals surface area (Å²) >= 11 is 0. The van der Waals surface area contributed by atoms with Crippen LogP contribution in [0.25, 0.3) is 0 Å². The first-order chi connectivity index (χ1) is 15.7. The molecule has 0 aromatic carbocycles. The molecule has 4 heteroatoms. The molecule has 0 spiro atoms.